The first kappa shape index (κ1) is 28.8. The van der Waals surface area contributed by atoms with Crippen molar-refractivity contribution < 1.29 is 4.42 Å². The maximum absolute atomic E-state index is 6.32. The van der Waals surface area contributed by atoms with Gasteiger partial charge in [-0.2, -0.15) is 0 Å². The summed E-state index contributed by atoms with van der Waals surface area (Å²) in [7, 11) is 0. The molecule has 0 amide bonds. The van der Waals surface area contributed by atoms with Crippen LogP contribution in [-0.2, 0) is 0 Å². The molecular formula is C47H33NO. The fourth-order valence-corrected chi connectivity index (χ4v) is 7.19. The zero-order valence-electron chi connectivity index (χ0n) is 27.2. The first-order valence-corrected chi connectivity index (χ1v) is 16.8. The van der Waals surface area contributed by atoms with Crippen LogP contribution in [-0.4, -0.2) is 0 Å². The van der Waals surface area contributed by atoms with Crippen molar-refractivity contribution in [2.45, 2.75) is 6.92 Å². The summed E-state index contributed by atoms with van der Waals surface area (Å²) in [4.78, 5) is 2.40. The summed E-state index contributed by atoms with van der Waals surface area (Å²) >= 11 is 0. The van der Waals surface area contributed by atoms with E-state index >= 15 is 0 Å². The standard InChI is InChI=1S/C47H33NO/c1-32-41-20-9-10-24-46(41)49-47(32)38-18-11-16-35(29-38)34-25-27-39(28-26-34)48(40-19-12-17-36(30-40)33-13-3-2-4-14-33)45-31-37-15-5-6-21-42(37)43-22-7-8-23-44(43)45/h2-31H,1H3. The molecule has 2 nitrogen and oxygen atoms in total. The van der Waals surface area contributed by atoms with Crippen LogP contribution in [0.2, 0.25) is 0 Å². The Kier molecular flexibility index (Phi) is 7.06. The summed E-state index contributed by atoms with van der Waals surface area (Å²) in [6.45, 7) is 2.14. The third-order valence-corrected chi connectivity index (χ3v) is 9.63. The summed E-state index contributed by atoms with van der Waals surface area (Å²) in [5.74, 6) is 0.923. The third kappa shape index (κ3) is 5.15. The van der Waals surface area contributed by atoms with Crippen LogP contribution in [0.5, 0.6) is 0 Å². The summed E-state index contributed by atoms with van der Waals surface area (Å²) in [5, 5.41) is 6.09. The molecule has 1 aromatic heterocycles. The van der Waals surface area contributed by atoms with Crippen LogP contribution >= 0.6 is 0 Å². The highest BCUT2D eigenvalue weighted by atomic mass is 16.3. The Morgan fingerprint density at radius 3 is 1.78 bits per heavy atom. The van der Waals surface area contributed by atoms with Gasteiger partial charge >= 0.3 is 0 Å². The van der Waals surface area contributed by atoms with E-state index < -0.39 is 0 Å². The fourth-order valence-electron chi connectivity index (χ4n) is 7.19. The van der Waals surface area contributed by atoms with Crippen molar-refractivity contribution in [3.63, 3.8) is 0 Å². The van der Waals surface area contributed by atoms with Gasteiger partial charge in [-0.05, 0) is 87.8 Å². The Morgan fingerprint density at radius 1 is 0.388 bits per heavy atom. The van der Waals surface area contributed by atoms with Gasteiger partial charge in [-0.3, -0.25) is 0 Å². The monoisotopic (exact) mass is 627 g/mol. The van der Waals surface area contributed by atoms with Gasteiger partial charge in [-0.1, -0.05) is 140 Å². The van der Waals surface area contributed by atoms with Gasteiger partial charge in [0.15, 0.2) is 0 Å². The Morgan fingerprint density at radius 2 is 0.980 bits per heavy atom. The van der Waals surface area contributed by atoms with Gasteiger partial charge in [0.2, 0.25) is 0 Å². The first-order valence-electron chi connectivity index (χ1n) is 16.8. The van der Waals surface area contributed by atoms with Crippen LogP contribution in [0.15, 0.2) is 186 Å². The number of benzene rings is 8. The SMILES string of the molecule is Cc1c(-c2cccc(-c3ccc(N(c4cccc(-c5ccccc5)c4)c4cc5ccccc5c5ccccc45)cc3)c2)oc2ccccc12. The van der Waals surface area contributed by atoms with Crippen molar-refractivity contribution in [1.82, 2.24) is 0 Å². The second-order valence-electron chi connectivity index (χ2n) is 12.6. The number of aryl methyl sites for hydroxylation is 1. The zero-order chi connectivity index (χ0) is 32.7. The number of rotatable bonds is 6. The molecule has 0 N–H and O–H groups in total. The molecule has 49 heavy (non-hydrogen) atoms. The largest absolute Gasteiger partial charge is 0.456 e. The van der Waals surface area contributed by atoms with Crippen molar-refractivity contribution in [1.29, 1.82) is 0 Å². The molecule has 9 aromatic rings. The van der Waals surface area contributed by atoms with Gasteiger partial charge in [-0.25, -0.2) is 0 Å². The van der Waals surface area contributed by atoms with Crippen LogP contribution in [0.4, 0.5) is 17.1 Å². The third-order valence-electron chi connectivity index (χ3n) is 9.63. The van der Waals surface area contributed by atoms with Crippen molar-refractivity contribution in [3.05, 3.63) is 188 Å². The van der Waals surface area contributed by atoms with Crippen molar-refractivity contribution in [3.8, 4) is 33.6 Å². The molecule has 2 heteroatoms. The van der Waals surface area contributed by atoms with Crippen LogP contribution < -0.4 is 4.90 Å². The summed E-state index contributed by atoms with van der Waals surface area (Å²) in [5.41, 5.74) is 11.2. The quantitative estimate of drug-likeness (QED) is 0.171. The minimum atomic E-state index is 0.919. The molecule has 9 rings (SSSR count). The Labute approximate surface area is 286 Å². The number of fused-ring (bicyclic) bond motifs is 4. The van der Waals surface area contributed by atoms with Gasteiger partial charge in [0.25, 0.3) is 0 Å². The molecule has 0 saturated carbocycles. The highest BCUT2D eigenvalue weighted by molar-refractivity contribution is 6.14. The minimum Gasteiger partial charge on any atom is -0.456 e. The first-order chi connectivity index (χ1) is 24.2. The molecule has 0 spiro atoms. The van der Waals surface area contributed by atoms with E-state index in [0.717, 1.165) is 50.5 Å². The van der Waals surface area contributed by atoms with Gasteiger partial charge in [0.05, 0.1) is 5.69 Å². The van der Waals surface area contributed by atoms with Gasteiger partial charge in [0.1, 0.15) is 11.3 Å². The summed E-state index contributed by atoms with van der Waals surface area (Å²) < 4.78 is 6.32. The second-order valence-corrected chi connectivity index (χ2v) is 12.6. The van der Waals surface area contributed by atoms with E-state index in [1.165, 1.54) is 38.2 Å². The summed E-state index contributed by atoms with van der Waals surface area (Å²) in [6.07, 6.45) is 0. The van der Waals surface area contributed by atoms with E-state index in [-0.39, 0.29) is 0 Å². The normalized spacial score (nSPS) is 11.4. The van der Waals surface area contributed by atoms with Gasteiger partial charge < -0.3 is 9.32 Å². The fraction of sp³-hybridized carbons (Fsp3) is 0.0213. The molecule has 0 aliphatic heterocycles. The molecule has 0 radical (unpaired) electrons. The lowest BCUT2D eigenvalue weighted by Crippen LogP contribution is -2.10. The van der Waals surface area contributed by atoms with E-state index in [1.807, 2.05) is 12.1 Å². The van der Waals surface area contributed by atoms with E-state index in [2.05, 4.69) is 182 Å². The number of furan rings is 1. The molecule has 0 aliphatic rings. The predicted octanol–water partition coefficient (Wildman–Crippen LogP) is 13.5. The maximum atomic E-state index is 6.32. The molecule has 0 atom stereocenters. The molecule has 8 aromatic carbocycles. The summed E-state index contributed by atoms with van der Waals surface area (Å²) in [6, 6.07) is 65.1. The van der Waals surface area contributed by atoms with Crippen LogP contribution in [0.25, 0.3) is 66.1 Å². The molecular weight excluding hydrogens is 595 g/mol. The number of hydrogen-bond acceptors (Lipinski definition) is 2. The molecule has 0 unspecified atom stereocenters. The van der Waals surface area contributed by atoms with Crippen molar-refractivity contribution in [2.24, 2.45) is 0 Å². The molecule has 232 valence electrons. The molecule has 1 heterocycles. The second kappa shape index (κ2) is 12.0. The van der Waals surface area contributed by atoms with Crippen LogP contribution in [0, 0.1) is 6.92 Å². The molecule has 0 aliphatic carbocycles. The zero-order valence-corrected chi connectivity index (χ0v) is 27.2. The number of anilines is 3. The van der Waals surface area contributed by atoms with E-state index in [0.29, 0.717) is 0 Å². The Hall–Kier alpha value is -6.38. The highest BCUT2D eigenvalue weighted by Crippen LogP contribution is 2.43. The highest BCUT2D eigenvalue weighted by Gasteiger charge is 2.19. The van der Waals surface area contributed by atoms with E-state index in [4.69, 9.17) is 4.42 Å². The smallest absolute Gasteiger partial charge is 0.138 e. The topological polar surface area (TPSA) is 16.4 Å². The number of hydrogen-bond donors (Lipinski definition) is 0. The van der Waals surface area contributed by atoms with E-state index in [1.54, 1.807) is 0 Å². The molecule has 0 fully saturated rings. The lowest BCUT2D eigenvalue weighted by molar-refractivity contribution is 0.629. The predicted molar refractivity (Wildman–Crippen MR) is 207 cm³/mol. The maximum Gasteiger partial charge on any atom is 0.138 e. The molecule has 0 saturated heterocycles. The van der Waals surface area contributed by atoms with Gasteiger partial charge in [-0.15, -0.1) is 0 Å². The van der Waals surface area contributed by atoms with Crippen molar-refractivity contribution >= 4 is 49.6 Å². The van der Waals surface area contributed by atoms with E-state index in [9.17, 15) is 0 Å². The average molecular weight is 628 g/mol. The minimum absolute atomic E-state index is 0.919. The lowest BCUT2D eigenvalue weighted by Gasteiger charge is -2.28. The van der Waals surface area contributed by atoms with Crippen molar-refractivity contribution in [2.75, 3.05) is 4.90 Å². The lowest BCUT2D eigenvalue weighted by atomic mass is 9.97. The van der Waals surface area contributed by atoms with Gasteiger partial charge in [0, 0.05) is 33.3 Å². The number of para-hydroxylation sites is 1. The number of nitrogens with zero attached hydrogens (tertiary/aromatic N) is 1. The molecule has 0 bridgehead atoms. The Balaban J connectivity index is 1.18. The average Bonchev–Trinajstić information content (AvgIpc) is 3.52. The Bertz CT molecular complexity index is 2610. The van der Waals surface area contributed by atoms with Crippen LogP contribution in [0.1, 0.15) is 5.56 Å². The van der Waals surface area contributed by atoms with Crippen LogP contribution in [0.3, 0.4) is 0 Å².